The number of nitrogens with zero attached hydrogens (tertiary/aromatic N) is 1. The zero-order chi connectivity index (χ0) is 24.2. The Labute approximate surface area is 200 Å². The van der Waals surface area contributed by atoms with E-state index in [0.717, 1.165) is 27.9 Å². The molecule has 1 fully saturated rings. The van der Waals surface area contributed by atoms with Crippen LogP contribution in [0.4, 0.5) is 11.4 Å². The second kappa shape index (κ2) is 9.91. The number of hydrogen-bond acceptors (Lipinski definition) is 3. The molecule has 0 radical (unpaired) electrons. The van der Waals surface area contributed by atoms with Crippen LogP contribution in [-0.4, -0.2) is 24.3 Å². The summed E-state index contributed by atoms with van der Waals surface area (Å²) < 4.78 is 0. The summed E-state index contributed by atoms with van der Waals surface area (Å²) in [7, 11) is 0. The van der Waals surface area contributed by atoms with Crippen LogP contribution in [0.25, 0.3) is 0 Å². The molecule has 0 aromatic heterocycles. The predicted octanol–water partition coefficient (Wildman–Crippen LogP) is 4.53. The van der Waals surface area contributed by atoms with Crippen LogP contribution in [0.1, 0.15) is 39.0 Å². The predicted molar refractivity (Wildman–Crippen MR) is 134 cm³/mol. The van der Waals surface area contributed by atoms with Gasteiger partial charge in [0.25, 0.3) is 5.91 Å². The van der Waals surface area contributed by atoms with Crippen LogP contribution in [0.3, 0.4) is 0 Å². The molecule has 3 aromatic rings. The first-order valence-corrected chi connectivity index (χ1v) is 11.4. The second-order valence-electron chi connectivity index (χ2n) is 8.88. The van der Waals surface area contributed by atoms with Crippen LogP contribution >= 0.6 is 0 Å². The lowest BCUT2D eigenvalue weighted by Gasteiger charge is -2.18. The normalized spacial score (nSPS) is 15.3. The van der Waals surface area contributed by atoms with Crippen molar-refractivity contribution in [2.24, 2.45) is 5.92 Å². The van der Waals surface area contributed by atoms with E-state index in [9.17, 15) is 14.4 Å². The molecule has 0 spiro atoms. The van der Waals surface area contributed by atoms with Gasteiger partial charge in [0.1, 0.15) is 0 Å². The zero-order valence-corrected chi connectivity index (χ0v) is 19.7. The van der Waals surface area contributed by atoms with Crippen molar-refractivity contribution in [2.75, 3.05) is 16.8 Å². The zero-order valence-electron chi connectivity index (χ0n) is 19.7. The summed E-state index contributed by atoms with van der Waals surface area (Å²) in [5.74, 6) is -1.10. The average Bonchev–Trinajstić information content (AvgIpc) is 3.22. The van der Waals surface area contributed by atoms with Gasteiger partial charge in [-0.3, -0.25) is 14.4 Å². The third kappa shape index (κ3) is 5.17. The Morgan fingerprint density at radius 2 is 1.68 bits per heavy atom. The number of carbonyl (C=O) groups excluding carboxylic acids is 3. The quantitative estimate of drug-likeness (QED) is 0.573. The molecule has 1 heterocycles. The van der Waals surface area contributed by atoms with E-state index in [2.05, 4.69) is 10.6 Å². The van der Waals surface area contributed by atoms with Gasteiger partial charge in [0, 0.05) is 25.2 Å². The van der Waals surface area contributed by atoms with Crippen LogP contribution in [0.5, 0.6) is 0 Å². The fourth-order valence-electron chi connectivity index (χ4n) is 4.03. The van der Waals surface area contributed by atoms with E-state index in [1.54, 1.807) is 29.2 Å². The molecular formula is C28H29N3O3. The van der Waals surface area contributed by atoms with Gasteiger partial charge >= 0.3 is 0 Å². The number of carbonyl (C=O) groups is 3. The molecular weight excluding hydrogens is 426 g/mol. The molecule has 2 N–H and O–H groups in total. The highest BCUT2D eigenvalue weighted by atomic mass is 16.2. The third-order valence-corrected chi connectivity index (χ3v) is 6.30. The summed E-state index contributed by atoms with van der Waals surface area (Å²) in [6.45, 7) is 6.75. The van der Waals surface area contributed by atoms with E-state index >= 15 is 0 Å². The van der Waals surface area contributed by atoms with Gasteiger partial charge in [-0.25, -0.2) is 0 Å². The minimum Gasteiger partial charge on any atom is -0.348 e. The maximum atomic E-state index is 13.0. The number of hydrogen-bond donors (Lipinski definition) is 2. The Bertz CT molecular complexity index is 1230. The van der Waals surface area contributed by atoms with Gasteiger partial charge in [0.05, 0.1) is 17.2 Å². The summed E-state index contributed by atoms with van der Waals surface area (Å²) in [5.41, 5.74) is 6.04. The van der Waals surface area contributed by atoms with Gasteiger partial charge in [-0.15, -0.1) is 0 Å². The van der Waals surface area contributed by atoms with E-state index in [-0.39, 0.29) is 24.1 Å². The van der Waals surface area contributed by atoms with Crippen LogP contribution in [-0.2, 0) is 16.1 Å². The number of benzene rings is 3. The van der Waals surface area contributed by atoms with Crippen LogP contribution in [0, 0.1) is 26.7 Å². The van der Waals surface area contributed by atoms with Crippen LogP contribution in [0.2, 0.25) is 0 Å². The number of amides is 3. The summed E-state index contributed by atoms with van der Waals surface area (Å²) in [5, 5.41) is 5.78. The molecule has 1 aliphatic rings. The first-order chi connectivity index (χ1) is 16.3. The summed E-state index contributed by atoms with van der Waals surface area (Å²) in [6, 6.07) is 20.7. The fraction of sp³-hybridized carbons (Fsp3) is 0.250. The fourth-order valence-corrected chi connectivity index (χ4v) is 4.03. The summed E-state index contributed by atoms with van der Waals surface area (Å²) in [6.07, 6.45) is 0.139. The van der Waals surface area contributed by atoms with Crippen molar-refractivity contribution in [3.05, 3.63) is 94.5 Å². The molecule has 6 heteroatoms. The maximum Gasteiger partial charge on any atom is 0.253 e. The smallest absolute Gasteiger partial charge is 0.253 e. The van der Waals surface area contributed by atoms with Crippen molar-refractivity contribution >= 4 is 29.1 Å². The van der Waals surface area contributed by atoms with Gasteiger partial charge < -0.3 is 15.5 Å². The van der Waals surface area contributed by atoms with Gasteiger partial charge in [-0.2, -0.15) is 0 Å². The molecule has 4 rings (SSSR count). The van der Waals surface area contributed by atoms with E-state index in [1.807, 2.05) is 63.2 Å². The summed E-state index contributed by atoms with van der Waals surface area (Å²) >= 11 is 0. The van der Waals surface area contributed by atoms with E-state index in [4.69, 9.17) is 0 Å². The van der Waals surface area contributed by atoms with Crippen molar-refractivity contribution in [1.29, 1.82) is 0 Å². The standard InChI is InChI=1S/C28H29N3O3/c1-18-8-11-21(12-9-18)16-29-28(34)24-6-4-5-7-25(24)30-27(33)22-15-26(32)31(17-22)23-13-10-19(2)20(3)14-23/h4-14,22H,15-17H2,1-3H3,(H,29,34)(H,30,33). The van der Waals surface area contributed by atoms with Crippen LogP contribution < -0.4 is 15.5 Å². The largest absolute Gasteiger partial charge is 0.348 e. The van der Waals surface area contributed by atoms with Crippen molar-refractivity contribution in [3.8, 4) is 0 Å². The van der Waals surface area contributed by atoms with E-state index in [1.165, 1.54) is 0 Å². The Morgan fingerprint density at radius 3 is 2.41 bits per heavy atom. The van der Waals surface area contributed by atoms with Crippen molar-refractivity contribution < 1.29 is 14.4 Å². The topological polar surface area (TPSA) is 78.5 Å². The van der Waals surface area contributed by atoms with Gasteiger partial charge in [0.2, 0.25) is 11.8 Å². The average molecular weight is 456 g/mol. The van der Waals surface area contributed by atoms with Gasteiger partial charge in [-0.1, -0.05) is 48.0 Å². The Morgan fingerprint density at radius 1 is 0.941 bits per heavy atom. The monoisotopic (exact) mass is 455 g/mol. The number of para-hydroxylation sites is 1. The Kier molecular flexibility index (Phi) is 6.77. The molecule has 34 heavy (non-hydrogen) atoms. The molecule has 1 aliphatic heterocycles. The molecule has 6 nitrogen and oxygen atoms in total. The highest BCUT2D eigenvalue weighted by Crippen LogP contribution is 2.28. The Balaban J connectivity index is 1.42. The van der Waals surface area contributed by atoms with E-state index in [0.29, 0.717) is 24.3 Å². The molecule has 1 atom stereocenters. The molecule has 0 aliphatic carbocycles. The number of nitrogens with one attached hydrogen (secondary N) is 2. The second-order valence-corrected chi connectivity index (χ2v) is 8.88. The molecule has 0 bridgehead atoms. The number of aryl methyl sites for hydroxylation is 3. The molecule has 3 amide bonds. The number of anilines is 2. The molecule has 1 unspecified atom stereocenters. The highest BCUT2D eigenvalue weighted by molar-refractivity contribution is 6.07. The van der Waals surface area contributed by atoms with Crippen molar-refractivity contribution in [1.82, 2.24) is 5.32 Å². The molecule has 0 saturated carbocycles. The minimum atomic E-state index is -0.488. The third-order valence-electron chi connectivity index (χ3n) is 6.30. The maximum absolute atomic E-state index is 13.0. The van der Waals surface area contributed by atoms with E-state index < -0.39 is 5.92 Å². The lowest BCUT2D eigenvalue weighted by Crippen LogP contribution is -2.29. The molecule has 3 aromatic carbocycles. The summed E-state index contributed by atoms with van der Waals surface area (Å²) in [4.78, 5) is 40.2. The SMILES string of the molecule is Cc1ccc(CNC(=O)c2ccccc2NC(=O)C2CC(=O)N(c3ccc(C)c(C)c3)C2)cc1. The molecule has 1 saturated heterocycles. The van der Waals surface area contributed by atoms with Crippen molar-refractivity contribution in [2.45, 2.75) is 33.7 Å². The van der Waals surface area contributed by atoms with Crippen LogP contribution in [0.15, 0.2) is 66.7 Å². The highest BCUT2D eigenvalue weighted by Gasteiger charge is 2.35. The lowest BCUT2D eigenvalue weighted by molar-refractivity contribution is -0.122. The first kappa shape index (κ1) is 23.2. The molecule has 174 valence electrons. The van der Waals surface area contributed by atoms with Gasteiger partial charge in [-0.05, 0) is 61.7 Å². The van der Waals surface area contributed by atoms with Crippen molar-refractivity contribution in [3.63, 3.8) is 0 Å². The minimum absolute atomic E-state index is 0.0764. The first-order valence-electron chi connectivity index (χ1n) is 11.4. The number of rotatable bonds is 6. The van der Waals surface area contributed by atoms with Gasteiger partial charge in [0.15, 0.2) is 0 Å². The Hall–Kier alpha value is -3.93. The lowest BCUT2D eigenvalue weighted by atomic mass is 10.1.